The van der Waals surface area contributed by atoms with Gasteiger partial charge in [0.1, 0.15) is 0 Å². The van der Waals surface area contributed by atoms with Crippen LogP contribution in [-0.2, 0) is 18.9 Å². The number of rotatable bonds is 4. The first-order valence-corrected chi connectivity index (χ1v) is 17.3. The fourth-order valence-electron chi connectivity index (χ4n) is 3.75. The molecule has 0 saturated carbocycles. The van der Waals surface area contributed by atoms with Gasteiger partial charge >= 0.3 is 164 Å². The van der Waals surface area contributed by atoms with Crippen LogP contribution in [0.15, 0.2) is 30.5 Å². The fraction of sp³-hybridized carbons (Fsp3) is 0.542. The maximum absolute atomic E-state index is 2.51. The van der Waals surface area contributed by atoms with Crippen molar-refractivity contribution >= 4 is 17.7 Å². The first-order chi connectivity index (χ1) is 11.8. The molecule has 2 heteroatoms. The standard InChI is InChI=1S/C24H38GeN/c1-17(2)13-19-11-12-20(18(3)14-19)23-15-22(25(7,8)9)21(16-26(23)10)24(4,5)6/h11-12,14-17H,13H2,1-10H3/q+1. The van der Waals surface area contributed by atoms with Gasteiger partial charge in [-0.05, 0) is 0 Å². The Kier molecular flexibility index (Phi) is 6.12. The third-order valence-electron chi connectivity index (χ3n) is 5.10. The summed E-state index contributed by atoms with van der Waals surface area (Å²) in [5.74, 6) is 8.22. The van der Waals surface area contributed by atoms with Crippen LogP contribution in [0, 0.1) is 12.8 Å². The summed E-state index contributed by atoms with van der Waals surface area (Å²) in [7, 11) is 2.20. The normalized spacial score (nSPS) is 12.7. The Hall–Kier alpha value is -1.09. The fourth-order valence-corrected chi connectivity index (χ4v) is 7.56. The van der Waals surface area contributed by atoms with Crippen LogP contribution in [0.25, 0.3) is 11.3 Å². The van der Waals surface area contributed by atoms with E-state index in [4.69, 9.17) is 0 Å². The van der Waals surface area contributed by atoms with Gasteiger partial charge in [-0.1, -0.05) is 0 Å². The predicted molar refractivity (Wildman–Crippen MR) is 118 cm³/mol. The summed E-state index contributed by atoms with van der Waals surface area (Å²) < 4.78 is 3.97. The van der Waals surface area contributed by atoms with E-state index in [-0.39, 0.29) is 5.41 Å². The van der Waals surface area contributed by atoms with Gasteiger partial charge in [0.15, 0.2) is 0 Å². The van der Waals surface area contributed by atoms with E-state index in [0.717, 1.165) is 6.42 Å². The molecule has 2 rings (SSSR count). The van der Waals surface area contributed by atoms with Gasteiger partial charge in [-0.15, -0.1) is 0 Å². The maximum atomic E-state index is 2.51. The van der Waals surface area contributed by atoms with E-state index < -0.39 is 13.3 Å². The molecule has 26 heavy (non-hydrogen) atoms. The third kappa shape index (κ3) is 4.79. The quantitative estimate of drug-likeness (QED) is 0.459. The number of hydrogen-bond acceptors (Lipinski definition) is 0. The molecule has 0 unspecified atom stereocenters. The van der Waals surface area contributed by atoms with Gasteiger partial charge in [0.2, 0.25) is 0 Å². The van der Waals surface area contributed by atoms with Crippen LogP contribution in [0.3, 0.4) is 0 Å². The predicted octanol–water partition coefficient (Wildman–Crippen LogP) is 5.53. The van der Waals surface area contributed by atoms with E-state index in [2.05, 4.69) is 101 Å². The van der Waals surface area contributed by atoms with Gasteiger partial charge < -0.3 is 0 Å². The van der Waals surface area contributed by atoms with Crippen molar-refractivity contribution in [3.8, 4) is 11.3 Å². The monoisotopic (exact) mass is 414 g/mol. The van der Waals surface area contributed by atoms with Crippen LogP contribution in [0.2, 0.25) is 17.3 Å². The SMILES string of the molecule is Cc1cc(CC(C)C)ccc1-c1c[c]([Ge]([CH3])([CH3])[CH3])c(C(C)(C)C)c[n+]1C. The average molecular weight is 413 g/mol. The Bertz CT molecular complexity index is 789. The Balaban J connectivity index is 2.64. The number of aryl methyl sites for hydroxylation is 2. The summed E-state index contributed by atoms with van der Waals surface area (Å²) >= 11 is -1.98. The molecule has 142 valence electrons. The molecule has 1 nitrogen and oxygen atoms in total. The molecule has 0 radical (unpaired) electrons. The molecule has 0 fully saturated rings. The molecule has 0 aliphatic carbocycles. The summed E-state index contributed by atoms with van der Waals surface area (Å²) in [5.41, 5.74) is 7.25. The van der Waals surface area contributed by atoms with Crippen LogP contribution in [0.1, 0.15) is 51.3 Å². The van der Waals surface area contributed by atoms with E-state index in [1.807, 2.05) is 0 Å². The Morgan fingerprint density at radius 2 is 1.65 bits per heavy atom. The van der Waals surface area contributed by atoms with Gasteiger partial charge in [0, 0.05) is 0 Å². The van der Waals surface area contributed by atoms with Crippen molar-refractivity contribution in [3.63, 3.8) is 0 Å². The first kappa shape index (κ1) is 21.2. The van der Waals surface area contributed by atoms with Crippen molar-refractivity contribution in [1.29, 1.82) is 0 Å². The Morgan fingerprint density at radius 3 is 2.12 bits per heavy atom. The Morgan fingerprint density at radius 1 is 1.04 bits per heavy atom. The number of hydrogen-bond donors (Lipinski definition) is 0. The second-order valence-corrected chi connectivity index (χ2v) is 20.9. The molecule has 1 aromatic carbocycles. The molecule has 1 heterocycles. The summed E-state index contributed by atoms with van der Waals surface area (Å²) in [4.78, 5) is 0. The second-order valence-electron chi connectivity index (χ2n) is 10.3. The van der Waals surface area contributed by atoms with Crippen LogP contribution in [-0.4, -0.2) is 13.3 Å². The van der Waals surface area contributed by atoms with Gasteiger partial charge in [-0.2, -0.15) is 0 Å². The zero-order valence-electron chi connectivity index (χ0n) is 18.6. The molecule has 0 N–H and O–H groups in total. The van der Waals surface area contributed by atoms with Crippen molar-refractivity contribution < 1.29 is 4.57 Å². The van der Waals surface area contributed by atoms with Crippen molar-refractivity contribution in [2.45, 2.75) is 70.6 Å². The van der Waals surface area contributed by atoms with E-state index in [1.54, 1.807) is 4.40 Å². The van der Waals surface area contributed by atoms with Crippen LogP contribution < -0.4 is 8.96 Å². The van der Waals surface area contributed by atoms with E-state index in [1.165, 1.54) is 27.9 Å². The molecule has 0 aliphatic heterocycles. The molecular formula is C24H38GeN+. The van der Waals surface area contributed by atoms with Gasteiger partial charge in [-0.3, -0.25) is 0 Å². The van der Waals surface area contributed by atoms with Crippen LogP contribution >= 0.6 is 0 Å². The summed E-state index contributed by atoms with van der Waals surface area (Å²) in [5, 5.41) is 0. The summed E-state index contributed by atoms with van der Waals surface area (Å²) in [6.07, 6.45) is 3.54. The number of nitrogens with zero attached hydrogens (tertiary/aromatic N) is 1. The third-order valence-corrected chi connectivity index (χ3v) is 9.36. The van der Waals surface area contributed by atoms with Crippen LogP contribution in [0.5, 0.6) is 0 Å². The van der Waals surface area contributed by atoms with Gasteiger partial charge in [-0.25, -0.2) is 0 Å². The molecule has 1 aromatic heterocycles. The number of aromatic nitrogens is 1. The van der Waals surface area contributed by atoms with E-state index in [0.29, 0.717) is 5.92 Å². The van der Waals surface area contributed by atoms with Crippen molar-refractivity contribution in [2.75, 3.05) is 0 Å². The minimum atomic E-state index is -1.98. The number of benzene rings is 1. The zero-order chi connectivity index (χ0) is 19.9. The summed E-state index contributed by atoms with van der Waals surface area (Å²) in [6, 6.07) is 9.53. The van der Waals surface area contributed by atoms with Crippen molar-refractivity contribution in [1.82, 2.24) is 0 Å². The molecule has 0 amide bonds. The van der Waals surface area contributed by atoms with Crippen LogP contribution in [0.4, 0.5) is 0 Å². The zero-order valence-corrected chi connectivity index (χ0v) is 20.7. The molecular weight excluding hydrogens is 375 g/mol. The van der Waals surface area contributed by atoms with Gasteiger partial charge in [0.25, 0.3) is 0 Å². The van der Waals surface area contributed by atoms with Gasteiger partial charge in [0.05, 0.1) is 0 Å². The minimum absolute atomic E-state index is 0.181. The van der Waals surface area contributed by atoms with Crippen molar-refractivity contribution in [3.05, 3.63) is 47.2 Å². The summed E-state index contributed by atoms with van der Waals surface area (Å²) in [6.45, 7) is 13.9. The molecule has 0 saturated heterocycles. The molecule has 0 atom stereocenters. The molecule has 0 bridgehead atoms. The van der Waals surface area contributed by atoms with E-state index in [9.17, 15) is 0 Å². The van der Waals surface area contributed by atoms with E-state index >= 15 is 0 Å². The Labute approximate surface area is 164 Å². The topological polar surface area (TPSA) is 3.88 Å². The molecule has 0 spiro atoms. The number of pyridine rings is 1. The second kappa shape index (κ2) is 7.50. The van der Waals surface area contributed by atoms with Crippen molar-refractivity contribution in [2.24, 2.45) is 13.0 Å². The molecule has 2 aromatic rings. The first-order valence-electron chi connectivity index (χ1n) is 9.95. The average Bonchev–Trinajstić information content (AvgIpc) is 2.45. The molecule has 0 aliphatic rings.